The second-order valence-electron chi connectivity index (χ2n) is 4.65. The highest BCUT2D eigenvalue weighted by Gasteiger charge is 2.14. The number of nitrogens with one attached hydrogen (secondary N) is 2. The van der Waals surface area contributed by atoms with E-state index in [1.54, 1.807) is 0 Å². The van der Waals surface area contributed by atoms with Crippen molar-refractivity contribution in [2.24, 2.45) is 0 Å². The molecule has 0 aromatic heterocycles. The van der Waals surface area contributed by atoms with Gasteiger partial charge in [0.2, 0.25) is 10.0 Å². The lowest BCUT2D eigenvalue weighted by molar-refractivity contribution is 0.102. The predicted octanol–water partition coefficient (Wildman–Crippen LogP) is 3.24. The SMILES string of the molecule is CS(=O)(=O)Nc1ccc(Cl)c(C(=O)Nc2ccc(F)c(F)c2)c1. The van der Waals surface area contributed by atoms with E-state index < -0.39 is 27.6 Å². The Hall–Kier alpha value is -2.19. The van der Waals surface area contributed by atoms with Gasteiger partial charge in [0.1, 0.15) is 0 Å². The number of sulfonamides is 1. The molecule has 2 aromatic rings. The van der Waals surface area contributed by atoms with Gasteiger partial charge in [-0.1, -0.05) is 11.6 Å². The van der Waals surface area contributed by atoms with Crippen molar-refractivity contribution >= 4 is 38.9 Å². The number of rotatable bonds is 4. The van der Waals surface area contributed by atoms with Gasteiger partial charge in [-0.25, -0.2) is 17.2 Å². The van der Waals surface area contributed by atoms with Crippen molar-refractivity contribution in [2.45, 2.75) is 0 Å². The van der Waals surface area contributed by atoms with Crippen molar-refractivity contribution in [3.63, 3.8) is 0 Å². The van der Waals surface area contributed by atoms with E-state index in [0.717, 1.165) is 18.4 Å². The third-order valence-electron chi connectivity index (χ3n) is 2.69. The molecule has 2 aromatic carbocycles. The lowest BCUT2D eigenvalue weighted by Gasteiger charge is -2.10. The highest BCUT2D eigenvalue weighted by atomic mass is 35.5. The molecule has 0 fully saturated rings. The molecule has 0 atom stereocenters. The molecule has 23 heavy (non-hydrogen) atoms. The van der Waals surface area contributed by atoms with Crippen LogP contribution in [0.2, 0.25) is 5.02 Å². The average molecular weight is 361 g/mol. The number of hydrogen-bond donors (Lipinski definition) is 2. The fourth-order valence-corrected chi connectivity index (χ4v) is 2.51. The van der Waals surface area contributed by atoms with Gasteiger partial charge in [0, 0.05) is 17.4 Å². The summed E-state index contributed by atoms with van der Waals surface area (Å²) in [6, 6.07) is 6.84. The number of amides is 1. The summed E-state index contributed by atoms with van der Waals surface area (Å²) in [5, 5.41) is 2.42. The largest absolute Gasteiger partial charge is 0.322 e. The zero-order valence-electron chi connectivity index (χ0n) is 11.7. The number of anilines is 2. The van der Waals surface area contributed by atoms with Gasteiger partial charge in [-0.3, -0.25) is 9.52 Å². The second-order valence-corrected chi connectivity index (χ2v) is 6.81. The second kappa shape index (κ2) is 6.51. The van der Waals surface area contributed by atoms with E-state index in [1.165, 1.54) is 24.3 Å². The van der Waals surface area contributed by atoms with Crippen LogP contribution in [0, 0.1) is 11.6 Å². The van der Waals surface area contributed by atoms with Gasteiger partial charge in [0.05, 0.1) is 16.8 Å². The maximum Gasteiger partial charge on any atom is 0.257 e. The number of carbonyl (C=O) groups excluding carboxylic acids is 1. The van der Waals surface area contributed by atoms with Crippen molar-refractivity contribution in [3.05, 3.63) is 58.6 Å². The van der Waals surface area contributed by atoms with E-state index in [9.17, 15) is 22.0 Å². The minimum absolute atomic E-state index is 0.0231. The van der Waals surface area contributed by atoms with Crippen LogP contribution in [0.3, 0.4) is 0 Å². The predicted molar refractivity (Wildman–Crippen MR) is 84.2 cm³/mol. The van der Waals surface area contributed by atoms with E-state index in [1.807, 2.05) is 0 Å². The smallest absolute Gasteiger partial charge is 0.257 e. The maximum absolute atomic E-state index is 13.1. The number of carbonyl (C=O) groups is 1. The quantitative estimate of drug-likeness (QED) is 0.878. The molecule has 9 heteroatoms. The minimum Gasteiger partial charge on any atom is -0.322 e. The van der Waals surface area contributed by atoms with Crippen molar-refractivity contribution in [2.75, 3.05) is 16.3 Å². The Balaban J connectivity index is 2.27. The fraction of sp³-hybridized carbons (Fsp3) is 0.0714. The Bertz CT molecular complexity index is 872. The number of hydrogen-bond acceptors (Lipinski definition) is 3. The van der Waals surface area contributed by atoms with Gasteiger partial charge in [0.15, 0.2) is 11.6 Å². The molecule has 0 bridgehead atoms. The van der Waals surface area contributed by atoms with E-state index in [0.29, 0.717) is 0 Å². The van der Waals surface area contributed by atoms with Crippen LogP contribution in [0.15, 0.2) is 36.4 Å². The van der Waals surface area contributed by atoms with Crippen molar-refractivity contribution in [1.82, 2.24) is 0 Å². The molecule has 2 N–H and O–H groups in total. The van der Waals surface area contributed by atoms with Crippen molar-refractivity contribution < 1.29 is 22.0 Å². The van der Waals surface area contributed by atoms with E-state index in [4.69, 9.17) is 11.6 Å². The molecular formula is C14H11ClF2N2O3S. The molecule has 0 aliphatic rings. The van der Waals surface area contributed by atoms with E-state index in [2.05, 4.69) is 10.0 Å². The summed E-state index contributed by atoms with van der Waals surface area (Å²) in [5.41, 5.74) is 0.156. The molecule has 0 saturated heterocycles. The lowest BCUT2D eigenvalue weighted by atomic mass is 10.2. The summed E-state index contributed by atoms with van der Waals surface area (Å²) in [7, 11) is -3.52. The molecule has 0 unspecified atom stereocenters. The Morgan fingerprint density at radius 2 is 1.70 bits per heavy atom. The third-order valence-corrected chi connectivity index (χ3v) is 3.63. The van der Waals surface area contributed by atoms with E-state index >= 15 is 0 Å². The number of halogens is 3. The average Bonchev–Trinajstić information content (AvgIpc) is 2.43. The Morgan fingerprint density at radius 1 is 1.04 bits per heavy atom. The molecule has 2 rings (SSSR count). The first-order chi connectivity index (χ1) is 10.7. The summed E-state index contributed by atoms with van der Waals surface area (Å²) in [5.74, 6) is -2.85. The van der Waals surface area contributed by atoms with Gasteiger partial charge < -0.3 is 5.32 Å². The Labute approximate surface area is 136 Å². The van der Waals surface area contributed by atoms with Crippen LogP contribution in [0.4, 0.5) is 20.2 Å². The molecule has 1 amide bonds. The van der Waals surface area contributed by atoms with Crippen LogP contribution in [0.1, 0.15) is 10.4 Å². The lowest BCUT2D eigenvalue weighted by Crippen LogP contribution is -2.14. The van der Waals surface area contributed by atoms with Gasteiger partial charge in [-0.2, -0.15) is 0 Å². The van der Waals surface area contributed by atoms with Crippen LogP contribution in [-0.4, -0.2) is 20.6 Å². The van der Waals surface area contributed by atoms with Crippen LogP contribution in [0.5, 0.6) is 0 Å². The molecule has 0 spiro atoms. The standard InChI is InChI=1S/C14H11ClF2N2O3S/c1-23(21,22)19-9-2-4-11(15)10(6-9)14(20)18-8-3-5-12(16)13(17)7-8/h2-7,19H,1H3,(H,18,20). The summed E-state index contributed by atoms with van der Waals surface area (Å²) < 4.78 is 50.6. The summed E-state index contributed by atoms with van der Waals surface area (Å²) in [6.07, 6.45) is 0.961. The molecule has 0 aliphatic heterocycles. The zero-order valence-corrected chi connectivity index (χ0v) is 13.3. The zero-order chi connectivity index (χ0) is 17.2. The molecule has 5 nitrogen and oxygen atoms in total. The van der Waals surface area contributed by atoms with Gasteiger partial charge in [-0.15, -0.1) is 0 Å². The Kier molecular flexibility index (Phi) is 4.86. The summed E-state index contributed by atoms with van der Waals surface area (Å²) in [4.78, 5) is 12.2. The molecule has 0 radical (unpaired) electrons. The molecule has 0 heterocycles. The van der Waals surface area contributed by atoms with Crippen molar-refractivity contribution in [3.8, 4) is 0 Å². The van der Waals surface area contributed by atoms with Crippen LogP contribution in [-0.2, 0) is 10.0 Å². The highest BCUT2D eigenvalue weighted by molar-refractivity contribution is 7.92. The van der Waals surface area contributed by atoms with Crippen molar-refractivity contribution in [1.29, 1.82) is 0 Å². The molecule has 122 valence electrons. The highest BCUT2D eigenvalue weighted by Crippen LogP contribution is 2.23. The van der Waals surface area contributed by atoms with Crippen LogP contribution < -0.4 is 10.0 Å². The minimum atomic E-state index is -3.52. The van der Waals surface area contributed by atoms with Gasteiger partial charge >= 0.3 is 0 Å². The third kappa shape index (κ3) is 4.64. The van der Waals surface area contributed by atoms with Crippen LogP contribution >= 0.6 is 11.6 Å². The van der Waals surface area contributed by atoms with Crippen LogP contribution in [0.25, 0.3) is 0 Å². The topological polar surface area (TPSA) is 75.3 Å². The molecular weight excluding hydrogens is 350 g/mol. The first kappa shape index (κ1) is 17.2. The monoisotopic (exact) mass is 360 g/mol. The normalized spacial score (nSPS) is 11.1. The number of benzene rings is 2. The fourth-order valence-electron chi connectivity index (χ4n) is 1.75. The van der Waals surface area contributed by atoms with Gasteiger partial charge in [0.25, 0.3) is 5.91 Å². The summed E-state index contributed by atoms with van der Waals surface area (Å²) >= 11 is 5.91. The maximum atomic E-state index is 13.1. The Morgan fingerprint density at radius 3 is 2.30 bits per heavy atom. The first-order valence-corrected chi connectivity index (χ1v) is 8.46. The summed E-state index contributed by atoms with van der Waals surface area (Å²) in [6.45, 7) is 0. The molecule has 0 saturated carbocycles. The molecule has 0 aliphatic carbocycles. The first-order valence-electron chi connectivity index (χ1n) is 6.19. The van der Waals surface area contributed by atoms with E-state index in [-0.39, 0.29) is 22.0 Å². The van der Waals surface area contributed by atoms with Gasteiger partial charge in [-0.05, 0) is 30.3 Å².